The highest BCUT2D eigenvalue weighted by Crippen LogP contribution is 2.39. The second kappa shape index (κ2) is 7.32. The molecule has 0 radical (unpaired) electrons. The number of phenols is 1. The zero-order valence-electron chi connectivity index (χ0n) is 16.2. The number of hydrogen-bond acceptors (Lipinski definition) is 4. The van der Waals surface area contributed by atoms with Crippen molar-refractivity contribution in [2.24, 2.45) is 11.7 Å². The summed E-state index contributed by atoms with van der Waals surface area (Å²) < 4.78 is 0.689. The summed E-state index contributed by atoms with van der Waals surface area (Å²) in [5.74, 6) is 0.863. The molecule has 0 aliphatic heterocycles. The average molecular weight is 405 g/mol. The van der Waals surface area contributed by atoms with Crippen molar-refractivity contribution in [1.29, 1.82) is 0 Å². The minimum absolute atomic E-state index is 0.0837. The van der Waals surface area contributed by atoms with E-state index in [2.05, 4.69) is 29.2 Å². The average Bonchev–Trinajstić information content (AvgIpc) is 3.37. The number of nitrogens with two attached hydrogens (primary N) is 1. The van der Waals surface area contributed by atoms with Crippen molar-refractivity contribution >= 4 is 32.3 Å². The summed E-state index contributed by atoms with van der Waals surface area (Å²) in [5.41, 5.74) is 9.88. The highest BCUT2D eigenvalue weighted by Gasteiger charge is 2.23. The predicted molar refractivity (Wildman–Crippen MR) is 121 cm³/mol. The van der Waals surface area contributed by atoms with E-state index in [1.807, 2.05) is 11.4 Å². The molecule has 4 aromatic rings. The van der Waals surface area contributed by atoms with Gasteiger partial charge in [-0.2, -0.15) is 0 Å². The van der Waals surface area contributed by atoms with E-state index in [0.717, 1.165) is 46.7 Å². The van der Waals surface area contributed by atoms with Crippen LogP contribution in [-0.4, -0.2) is 16.1 Å². The van der Waals surface area contributed by atoms with Gasteiger partial charge in [0.2, 0.25) is 0 Å². The van der Waals surface area contributed by atoms with E-state index >= 15 is 0 Å². The third-order valence-corrected chi connectivity index (χ3v) is 7.25. The largest absolute Gasteiger partial charge is 0.507 e. The third kappa shape index (κ3) is 3.24. The monoisotopic (exact) mass is 404 g/mol. The maximum Gasteiger partial charge on any atom is 0.266 e. The van der Waals surface area contributed by atoms with Crippen LogP contribution in [-0.2, 0) is 6.42 Å². The van der Waals surface area contributed by atoms with Crippen molar-refractivity contribution < 1.29 is 5.11 Å². The highest BCUT2D eigenvalue weighted by molar-refractivity contribution is 7.17. The number of rotatable bonds is 4. The van der Waals surface area contributed by atoms with Gasteiger partial charge in [0, 0.05) is 27.9 Å². The number of pyridine rings is 1. The highest BCUT2D eigenvalue weighted by atomic mass is 32.1. The Hall–Kier alpha value is -2.63. The summed E-state index contributed by atoms with van der Waals surface area (Å²) in [6.07, 6.45) is 5.82. The smallest absolute Gasteiger partial charge is 0.266 e. The molecule has 1 aliphatic rings. The van der Waals surface area contributed by atoms with Crippen LogP contribution < -0.4 is 11.3 Å². The normalized spacial score (nSPS) is 19.3. The van der Waals surface area contributed by atoms with Crippen LogP contribution in [0.2, 0.25) is 0 Å². The van der Waals surface area contributed by atoms with Gasteiger partial charge in [-0.3, -0.25) is 4.79 Å². The molecule has 0 spiro atoms. The molecule has 4 N–H and O–H groups in total. The molecule has 1 aliphatic carbocycles. The first-order chi connectivity index (χ1) is 14.1. The number of H-pyrrole nitrogens is 1. The Morgan fingerprint density at radius 2 is 1.93 bits per heavy atom. The fourth-order valence-corrected chi connectivity index (χ4v) is 5.54. The molecule has 148 valence electrons. The first-order valence-electron chi connectivity index (χ1n) is 10.2. The lowest BCUT2D eigenvalue weighted by Gasteiger charge is -2.15. The Labute approximate surface area is 173 Å². The molecular weight excluding hydrogens is 380 g/mol. The lowest BCUT2D eigenvalue weighted by atomic mass is 9.93. The minimum Gasteiger partial charge on any atom is -0.507 e. The number of phenolic OH excluding ortho intramolecular Hbond substituents is 1. The van der Waals surface area contributed by atoms with Gasteiger partial charge >= 0.3 is 0 Å². The summed E-state index contributed by atoms with van der Waals surface area (Å²) in [5, 5.41) is 14.4. The van der Waals surface area contributed by atoms with Crippen LogP contribution in [0.3, 0.4) is 0 Å². The van der Waals surface area contributed by atoms with E-state index in [1.54, 1.807) is 12.1 Å². The van der Waals surface area contributed by atoms with Crippen LogP contribution in [0.15, 0.2) is 52.6 Å². The van der Waals surface area contributed by atoms with Gasteiger partial charge < -0.3 is 15.8 Å². The van der Waals surface area contributed by atoms with Gasteiger partial charge in [-0.1, -0.05) is 30.7 Å². The van der Waals surface area contributed by atoms with E-state index < -0.39 is 0 Å². The summed E-state index contributed by atoms with van der Waals surface area (Å²) in [7, 11) is 0. The van der Waals surface area contributed by atoms with Crippen molar-refractivity contribution in [2.45, 2.75) is 38.1 Å². The topological polar surface area (TPSA) is 79.1 Å². The second-order valence-corrected chi connectivity index (χ2v) is 9.01. The summed E-state index contributed by atoms with van der Waals surface area (Å²) in [6.45, 7) is 0. The number of nitrogens with one attached hydrogen (secondary N) is 1. The molecular formula is C24H24N2O2S. The molecule has 1 fully saturated rings. The quantitative estimate of drug-likeness (QED) is 0.439. The molecule has 0 amide bonds. The summed E-state index contributed by atoms with van der Waals surface area (Å²) in [4.78, 5) is 15.3. The van der Waals surface area contributed by atoms with E-state index in [-0.39, 0.29) is 11.3 Å². The van der Waals surface area contributed by atoms with Gasteiger partial charge in [-0.15, -0.1) is 11.3 Å². The Balaban J connectivity index is 1.53. The van der Waals surface area contributed by atoms with Crippen LogP contribution >= 0.6 is 11.3 Å². The number of thiophene rings is 1. The summed E-state index contributed by atoms with van der Waals surface area (Å²) in [6, 6.07) is 14.2. The lowest BCUT2D eigenvalue weighted by molar-refractivity contribution is 0.447. The van der Waals surface area contributed by atoms with Crippen LogP contribution in [0.4, 0.5) is 0 Å². The minimum atomic E-state index is -0.0837. The molecule has 5 rings (SSSR count). The molecule has 4 nitrogen and oxygen atoms in total. The molecule has 5 heteroatoms. The van der Waals surface area contributed by atoms with Gasteiger partial charge in [-0.25, -0.2) is 0 Å². The van der Waals surface area contributed by atoms with Crippen molar-refractivity contribution in [1.82, 2.24) is 4.98 Å². The maximum absolute atomic E-state index is 12.3. The van der Waals surface area contributed by atoms with Crippen LogP contribution in [0, 0.1) is 5.92 Å². The number of aromatic amines is 1. The fraction of sp³-hybridized carbons (Fsp3) is 0.292. The van der Waals surface area contributed by atoms with Crippen molar-refractivity contribution in [2.75, 3.05) is 0 Å². The van der Waals surface area contributed by atoms with E-state index in [1.165, 1.54) is 29.7 Å². The fourth-order valence-electron chi connectivity index (χ4n) is 4.74. The van der Waals surface area contributed by atoms with Gasteiger partial charge in [0.15, 0.2) is 0 Å². The van der Waals surface area contributed by atoms with Gasteiger partial charge in [0.25, 0.3) is 5.56 Å². The van der Waals surface area contributed by atoms with E-state index in [0.29, 0.717) is 16.7 Å². The number of benzene rings is 2. The Morgan fingerprint density at radius 3 is 2.69 bits per heavy atom. The maximum atomic E-state index is 12.3. The molecule has 0 bridgehead atoms. The summed E-state index contributed by atoms with van der Waals surface area (Å²) >= 11 is 1.42. The third-order valence-electron chi connectivity index (χ3n) is 6.34. The molecule has 2 unspecified atom stereocenters. The first-order valence-corrected chi connectivity index (χ1v) is 11.1. The zero-order chi connectivity index (χ0) is 20.0. The molecule has 2 aromatic heterocycles. The standard InChI is InChI=1S/C24H24N2O2S/c25-18-3-1-2-15(18)7-4-14-5-8-16(9-6-14)21-20(27)11-10-19-22(21)17-12-13-29-23(17)24(28)26-19/h5-6,8-13,15,18,27H,1-4,7,25H2,(H,26,28). The molecule has 29 heavy (non-hydrogen) atoms. The van der Waals surface area contributed by atoms with Gasteiger partial charge in [-0.05, 0) is 66.3 Å². The number of aryl methyl sites for hydroxylation is 1. The SMILES string of the molecule is NC1CCCC1CCc1ccc(-c2c(O)ccc3[nH]c(=O)c4sccc4c23)cc1. The molecule has 2 heterocycles. The van der Waals surface area contributed by atoms with E-state index in [9.17, 15) is 9.90 Å². The Morgan fingerprint density at radius 1 is 1.10 bits per heavy atom. The molecule has 1 saturated carbocycles. The number of aromatic nitrogens is 1. The molecule has 2 atom stereocenters. The Bertz CT molecular complexity index is 1240. The van der Waals surface area contributed by atoms with Crippen molar-refractivity contribution in [3.63, 3.8) is 0 Å². The zero-order valence-corrected chi connectivity index (χ0v) is 17.0. The van der Waals surface area contributed by atoms with Gasteiger partial charge in [0.05, 0.1) is 0 Å². The molecule has 0 saturated heterocycles. The number of aromatic hydroxyl groups is 1. The van der Waals surface area contributed by atoms with E-state index in [4.69, 9.17) is 5.73 Å². The van der Waals surface area contributed by atoms with Crippen molar-refractivity contribution in [3.8, 4) is 16.9 Å². The molecule has 2 aromatic carbocycles. The number of hydrogen-bond donors (Lipinski definition) is 3. The lowest BCUT2D eigenvalue weighted by Crippen LogP contribution is -2.24. The van der Waals surface area contributed by atoms with Gasteiger partial charge in [0.1, 0.15) is 10.4 Å². The predicted octanol–water partition coefficient (Wildman–Crippen LogP) is 5.18. The van der Waals surface area contributed by atoms with Crippen molar-refractivity contribution in [3.05, 3.63) is 63.8 Å². The number of fused-ring (bicyclic) bond motifs is 3. The van der Waals surface area contributed by atoms with Crippen LogP contribution in [0.5, 0.6) is 5.75 Å². The first kappa shape index (κ1) is 18.4. The van der Waals surface area contributed by atoms with Crippen LogP contribution in [0.1, 0.15) is 31.2 Å². The second-order valence-electron chi connectivity index (χ2n) is 8.09. The van der Waals surface area contributed by atoms with Crippen LogP contribution in [0.25, 0.3) is 32.1 Å². The Kier molecular flexibility index (Phi) is 4.64.